The van der Waals surface area contributed by atoms with Gasteiger partial charge in [0.05, 0.1) is 28.3 Å². The van der Waals surface area contributed by atoms with E-state index < -0.39 is 12.6 Å². The van der Waals surface area contributed by atoms with Crippen LogP contribution >= 0.6 is 34.2 Å². The van der Waals surface area contributed by atoms with Crippen molar-refractivity contribution in [2.24, 2.45) is 0 Å². The summed E-state index contributed by atoms with van der Waals surface area (Å²) in [6.07, 6.45) is 1.70. The molecule has 25 heavy (non-hydrogen) atoms. The van der Waals surface area contributed by atoms with Crippen molar-refractivity contribution in [1.82, 2.24) is 0 Å². The Bertz CT molecular complexity index is 857. The highest BCUT2D eigenvalue weighted by molar-refractivity contribution is 14.1. The molecule has 2 aromatic rings. The molecule has 0 saturated carbocycles. The molecule has 7 heteroatoms. The van der Waals surface area contributed by atoms with E-state index in [1.54, 1.807) is 42.5 Å². The number of allylic oxidation sites excluding steroid dienone is 1. The summed E-state index contributed by atoms with van der Waals surface area (Å²) in [5.41, 5.74) is 1.91. The lowest BCUT2D eigenvalue weighted by Crippen LogP contribution is -2.29. The van der Waals surface area contributed by atoms with Crippen LogP contribution in [0.5, 0.6) is 11.5 Å². The number of benzene rings is 2. The standard InChI is InChI=1S/C18H13ClINO4/c1-24-16-8-11(7-15(20)18(16)25-10-17(22)23)6-13(9-21)12-2-4-14(19)5-3-12/h2-8H,10H2,1H3,(H,22,23)/p-1/b13-6-. The minimum Gasteiger partial charge on any atom is -0.546 e. The summed E-state index contributed by atoms with van der Waals surface area (Å²) >= 11 is 7.88. The van der Waals surface area contributed by atoms with Gasteiger partial charge in [-0.2, -0.15) is 5.26 Å². The van der Waals surface area contributed by atoms with Crippen molar-refractivity contribution in [2.75, 3.05) is 13.7 Å². The van der Waals surface area contributed by atoms with Crippen molar-refractivity contribution in [1.29, 1.82) is 5.26 Å². The van der Waals surface area contributed by atoms with Crippen LogP contribution in [-0.4, -0.2) is 19.7 Å². The number of ether oxygens (including phenoxy) is 2. The van der Waals surface area contributed by atoms with Crippen LogP contribution in [0.15, 0.2) is 36.4 Å². The predicted molar refractivity (Wildman–Crippen MR) is 101 cm³/mol. The first-order chi connectivity index (χ1) is 11.9. The number of carbonyl (C=O) groups excluding carboxylic acids is 1. The molecule has 5 nitrogen and oxygen atoms in total. The summed E-state index contributed by atoms with van der Waals surface area (Å²) in [4.78, 5) is 10.6. The van der Waals surface area contributed by atoms with Gasteiger partial charge in [-0.1, -0.05) is 23.7 Å². The zero-order valence-corrected chi connectivity index (χ0v) is 16.0. The summed E-state index contributed by atoms with van der Waals surface area (Å²) in [5, 5.41) is 20.6. The normalized spacial score (nSPS) is 10.9. The number of carbonyl (C=O) groups is 1. The van der Waals surface area contributed by atoms with Crippen LogP contribution < -0.4 is 14.6 Å². The first-order valence-electron chi connectivity index (χ1n) is 7.02. The largest absolute Gasteiger partial charge is 0.546 e. The monoisotopic (exact) mass is 468 g/mol. The fraction of sp³-hybridized carbons (Fsp3) is 0.111. The summed E-state index contributed by atoms with van der Waals surface area (Å²) in [7, 11) is 1.45. The van der Waals surface area contributed by atoms with Gasteiger partial charge in [0.1, 0.15) is 6.61 Å². The number of carboxylic acid groups (broad SMARTS) is 1. The minimum atomic E-state index is -1.32. The summed E-state index contributed by atoms with van der Waals surface area (Å²) in [6, 6.07) is 12.5. The first-order valence-corrected chi connectivity index (χ1v) is 8.48. The molecule has 2 rings (SSSR count). The van der Waals surface area contributed by atoms with Gasteiger partial charge in [-0.15, -0.1) is 0 Å². The second-order valence-corrected chi connectivity index (χ2v) is 6.47. The van der Waals surface area contributed by atoms with Crippen molar-refractivity contribution in [2.45, 2.75) is 0 Å². The average Bonchev–Trinajstić information content (AvgIpc) is 2.59. The van der Waals surface area contributed by atoms with Crippen LogP contribution in [0, 0.1) is 14.9 Å². The molecule has 0 aliphatic heterocycles. The topological polar surface area (TPSA) is 82.4 Å². The quantitative estimate of drug-likeness (QED) is 0.370. The lowest BCUT2D eigenvalue weighted by atomic mass is 10.0. The number of rotatable bonds is 6. The van der Waals surface area contributed by atoms with E-state index in [-0.39, 0.29) is 0 Å². The zero-order chi connectivity index (χ0) is 18.4. The highest BCUT2D eigenvalue weighted by Crippen LogP contribution is 2.35. The number of carboxylic acids is 1. The second kappa shape index (κ2) is 8.74. The number of halogens is 2. The molecule has 0 aliphatic rings. The Morgan fingerprint density at radius 2 is 2.04 bits per heavy atom. The van der Waals surface area contributed by atoms with Crippen molar-refractivity contribution < 1.29 is 19.4 Å². The van der Waals surface area contributed by atoms with E-state index in [1.165, 1.54) is 7.11 Å². The fourth-order valence-electron chi connectivity index (χ4n) is 2.07. The highest BCUT2D eigenvalue weighted by atomic mass is 127. The molecule has 0 atom stereocenters. The molecular formula is C18H12ClINO4-. The molecule has 0 radical (unpaired) electrons. The maximum Gasteiger partial charge on any atom is 0.175 e. The van der Waals surface area contributed by atoms with E-state index in [2.05, 4.69) is 6.07 Å². The Labute approximate surface area is 163 Å². The predicted octanol–water partition coefficient (Wildman–Crippen LogP) is 3.15. The number of methoxy groups -OCH3 is 1. The second-order valence-electron chi connectivity index (χ2n) is 4.87. The maximum atomic E-state index is 10.6. The molecule has 128 valence electrons. The SMILES string of the molecule is COc1cc(/C=C(/C#N)c2ccc(Cl)cc2)cc(I)c1OCC(=O)[O-]. The molecule has 0 heterocycles. The molecule has 0 fully saturated rings. The van der Waals surface area contributed by atoms with Crippen molar-refractivity contribution >= 4 is 51.8 Å². The molecule has 0 bridgehead atoms. The molecule has 0 aliphatic carbocycles. The van der Waals surface area contributed by atoms with Crippen LogP contribution in [0.25, 0.3) is 11.6 Å². The van der Waals surface area contributed by atoms with Gasteiger partial charge in [-0.05, 0) is 64.1 Å². The number of hydrogen-bond donors (Lipinski definition) is 0. The van der Waals surface area contributed by atoms with Gasteiger partial charge in [-0.25, -0.2) is 0 Å². The summed E-state index contributed by atoms with van der Waals surface area (Å²) in [6.45, 7) is -0.574. The summed E-state index contributed by atoms with van der Waals surface area (Å²) < 4.78 is 11.1. The molecule has 0 N–H and O–H groups in total. The lowest BCUT2D eigenvalue weighted by Gasteiger charge is -2.14. The third-order valence-corrected chi connectivity index (χ3v) is 4.23. The van der Waals surface area contributed by atoms with Gasteiger partial charge in [-0.3, -0.25) is 0 Å². The van der Waals surface area contributed by atoms with Crippen LogP contribution in [0.2, 0.25) is 5.02 Å². The maximum absolute atomic E-state index is 10.6. The molecule has 2 aromatic carbocycles. The minimum absolute atomic E-state index is 0.314. The Balaban J connectivity index is 2.41. The molecule has 0 unspecified atom stereocenters. The smallest absolute Gasteiger partial charge is 0.175 e. The average molecular weight is 469 g/mol. The van der Waals surface area contributed by atoms with Gasteiger partial charge in [0.15, 0.2) is 11.5 Å². The van der Waals surface area contributed by atoms with Crippen molar-refractivity contribution in [3.05, 3.63) is 56.1 Å². The lowest BCUT2D eigenvalue weighted by molar-refractivity contribution is -0.307. The highest BCUT2D eigenvalue weighted by Gasteiger charge is 2.12. The van der Waals surface area contributed by atoms with Crippen molar-refractivity contribution in [3.63, 3.8) is 0 Å². The fourth-order valence-corrected chi connectivity index (χ4v) is 2.98. The van der Waals surface area contributed by atoms with Crippen LogP contribution in [0.1, 0.15) is 11.1 Å². The van der Waals surface area contributed by atoms with E-state index in [0.717, 1.165) is 5.56 Å². The van der Waals surface area contributed by atoms with Crippen LogP contribution in [-0.2, 0) is 4.79 Å². The number of aliphatic carboxylic acids is 1. The van der Waals surface area contributed by atoms with Gasteiger partial charge in [0.25, 0.3) is 0 Å². The van der Waals surface area contributed by atoms with Crippen LogP contribution in [0.4, 0.5) is 0 Å². The van der Waals surface area contributed by atoms with E-state index in [1.807, 2.05) is 22.6 Å². The van der Waals surface area contributed by atoms with E-state index in [4.69, 9.17) is 21.1 Å². The molecule has 0 aromatic heterocycles. The molecule has 0 spiro atoms. The zero-order valence-electron chi connectivity index (χ0n) is 13.1. The van der Waals surface area contributed by atoms with Gasteiger partial charge >= 0.3 is 0 Å². The van der Waals surface area contributed by atoms with Gasteiger partial charge in [0, 0.05) is 5.02 Å². The Kier molecular flexibility index (Phi) is 6.67. The van der Waals surface area contributed by atoms with Crippen molar-refractivity contribution in [3.8, 4) is 17.6 Å². The molecule has 0 saturated heterocycles. The summed E-state index contributed by atoms with van der Waals surface area (Å²) in [5.74, 6) is -0.640. The number of nitriles is 1. The van der Waals surface area contributed by atoms with Gasteiger partial charge < -0.3 is 19.4 Å². The third-order valence-electron chi connectivity index (χ3n) is 3.17. The number of hydrogen-bond acceptors (Lipinski definition) is 5. The molecular weight excluding hydrogens is 457 g/mol. The Morgan fingerprint density at radius 1 is 1.36 bits per heavy atom. The van der Waals surface area contributed by atoms with Gasteiger partial charge in [0.2, 0.25) is 0 Å². The van der Waals surface area contributed by atoms with E-state index >= 15 is 0 Å². The van der Waals surface area contributed by atoms with E-state index in [0.29, 0.717) is 31.2 Å². The Morgan fingerprint density at radius 3 is 2.60 bits per heavy atom. The van der Waals surface area contributed by atoms with Crippen LogP contribution in [0.3, 0.4) is 0 Å². The van der Waals surface area contributed by atoms with E-state index in [9.17, 15) is 15.2 Å². The number of nitrogens with zero attached hydrogens (tertiary/aromatic N) is 1. The first kappa shape index (κ1) is 19.1. The molecule has 0 amide bonds. The Hall–Kier alpha value is -2.24. The third kappa shape index (κ3) is 5.11.